The standard InChI is InChI=1S/C18H18N4O2/c1-12-16(21-18(24-12)13-5-3-2-4-6-13)17(23)20-14-7-8-15-19-9-10-22(15)11-14/h2-6,9-10,14H,7-8,11H2,1H3,(H,20,23). The average molecular weight is 322 g/mol. The van der Waals surface area contributed by atoms with Gasteiger partial charge in [0.15, 0.2) is 5.69 Å². The van der Waals surface area contributed by atoms with E-state index in [2.05, 4.69) is 19.9 Å². The molecule has 1 unspecified atom stereocenters. The second-order valence-electron chi connectivity index (χ2n) is 5.99. The maximum Gasteiger partial charge on any atom is 0.273 e. The molecule has 2 aromatic heterocycles. The Morgan fingerprint density at radius 3 is 3.00 bits per heavy atom. The molecule has 0 saturated heterocycles. The average Bonchev–Trinajstić information content (AvgIpc) is 3.21. The first-order chi connectivity index (χ1) is 11.7. The molecule has 6 heteroatoms. The Hall–Kier alpha value is -2.89. The Morgan fingerprint density at radius 2 is 2.17 bits per heavy atom. The zero-order valence-corrected chi connectivity index (χ0v) is 13.4. The summed E-state index contributed by atoms with van der Waals surface area (Å²) in [6, 6.07) is 9.66. The highest BCUT2D eigenvalue weighted by atomic mass is 16.4. The van der Waals surface area contributed by atoms with Gasteiger partial charge in [-0.1, -0.05) is 18.2 Å². The normalized spacial score (nSPS) is 16.6. The molecular formula is C18H18N4O2. The van der Waals surface area contributed by atoms with Crippen LogP contribution in [0.15, 0.2) is 47.1 Å². The third-order valence-electron chi connectivity index (χ3n) is 4.30. The molecule has 122 valence electrons. The summed E-state index contributed by atoms with van der Waals surface area (Å²) in [4.78, 5) is 21.3. The number of aromatic nitrogens is 3. The predicted molar refractivity (Wildman–Crippen MR) is 88.5 cm³/mol. The van der Waals surface area contributed by atoms with Gasteiger partial charge < -0.3 is 14.3 Å². The van der Waals surface area contributed by atoms with Gasteiger partial charge in [-0.3, -0.25) is 4.79 Å². The lowest BCUT2D eigenvalue weighted by Gasteiger charge is -2.24. The Balaban J connectivity index is 1.50. The van der Waals surface area contributed by atoms with Crippen LogP contribution >= 0.6 is 0 Å². The molecule has 1 atom stereocenters. The minimum Gasteiger partial charge on any atom is -0.441 e. The molecule has 24 heavy (non-hydrogen) atoms. The number of rotatable bonds is 3. The highest BCUT2D eigenvalue weighted by molar-refractivity contribution is 5.93. The van der Waals surface area contributed by atoms with Crippen molar-refractivity contribution in [1.82, 2.24) is 19.9 Å². The smallest absolute Gasteiger partial charge is 0.273 e. The molecule has 1 N–H and O–H groups in total. The fourth-order valence-electron chi connectivity index (χ4n) is 3.05. The highest BCUT2D eigenvalue weighted by Gasteiger charge is 2.24. The van der Waals surface area contributed by atoms with Crippen LogP contribution in [0.1, 0.15) is 28.5 Å². The largest absolute Gasteiger partial charge is 0.441 e. The van der Waals surface area contributed by atoms with E-state index in [9.17, 15) is 4.79 Å². The summed E-state index contributed by atoms with van der Waals surface area (Å²) in [7, 11) is 0. The lowest BCUT2D eigenvalue weighted by Crippen LogP contribution is -2.41. The molecule has 1 aliphatic rings. The van der Waals surface area contributed by atoms with E-state index in [0.717, 1.165) is 30.8 Å². The number of aryl methyl sites for hydroxylation is 2. The Labute approximate surface area is 139 Å². The van der Waals surface area contributed by atoms with Crippen LogP contribution in [0.25, 0.3) is 11.5 Å². The minimum atomic E-state index is -0.188. The molecule has 0 bridgehead atoms. The van der Waals surface area contributed by atoms with Gasteiger partial charge in [0.1, 0.15) is 11.6 Å². The fourth-order valence-corrected chi connectivity index (χ4v) is 3.05. The summed E-state index contributed by atoms with van der Waals surface area (Å²) in [5, 5.41) is 3.06. The van der Waals surface area contributed by atoms with E-state index in [1.54, 1.807) is 13.1 Å². The second kappa shape index (κ2) is 5.96. The van der Waals surface area contributed by atoms with Gasteiger partial charge >= 0.3 is 0 Å². The van der Waals surface area contributed by atoms with E-state index >= 15 is 0 Å². The van der Waals surface area contributed by atoms with Crippen molar-refractivity contribution in [3.05, 3.63) is 60.0 Å². The van der Waals surface area contributed by atoms with Crippen LogP contribution in [0.3, 0.4) is 0 Å². The van der Waals surface area contributed by atoms with Gasteiger partial charge in [-0.05, 0) is 25.5 Å². The third-order valence-corrected chi connectivity index (χ3v) is 4.30. The number of benzene rings is 1. The number of hydrogen-bond acceptors (Lipinski definition) is 4. The summed E-state index contributed by atoms with van der Waals surface area (Å²) in [5.41, 5.74) is 1.21. The zero-order chi connectivity index (χ0) is 16.5. The van der Waals surface area contributed by atoms with Crippen molar-refractivity contribution >= 4 is 5.91 Å². The maximum atomic E-state index is 12.6. The van der Waals surface area contributed by atoms with Crippen LogP contribution in [0, 0.1) is 6.92 Å². The molecule has 1 aromatic carbocycles. The molecular weight excluding hydrogens is 304 g/mol. The highest BCUT2D eigenvalue weighted by Crippen LogP contribution is 2.22. The summed E-state index contributed by atoms with van der Waals surface area (Å²) < 4.78 is 7.75. The number of fused-ring (bicyclic) bond motifs is 1. The van der Waals surface area contributed by atoms with E-state index in [1.165, 1.54) is 0 Å². The molecule has 1 aliphatic heterocycles. The van der Waals surface area contributed by atoms with Crippen LogP contribution in [0.5, 0.6) is 0 Å². The topological polar surface area (TPSA) is 73.0 Å². The van der Waals surface area contributed by atoms with Crippen LogP contribution in [0.2, 0.25) is 0 Å². The molecule has 0 spiro atoms. The molecule has 3 aromatic rings. The van der Waals surface area contributed by atoms with Crippen molar-refractivity contribution in [3.63, 3.8) is 0 Å². The number of oxazole rings is 1. The van der Waals surface area contributed by atoms with E-state index in [-0.39, 0.29) is 11.9 Å². The number of nitrogens with zero attached hydrogens (tertiary/aromatic N) is 3. The van der Waals surface area contributed by atoms with Crippen LogP contribution in [-0.2, 0) is 13.0 Å². The van der Waals surface area contributed by atoms with Crippen molar-refractivity contribution in [1.29, 1.82) is 0 Å². The Bertz CT molecular complexity index is 866. The number of carbonyl (C=O) groups is 1. The third kappa shape index (κ3) is 2.71. The first-order valence-electron chi connectivity index (χ1n) is 8.04. The summed E-state index contributed by atoms with van der Waals surface area (Å²) >= 11 is 0. The number of amides is 1. The summed E-state index contributed by atoms with van der Waals surface area (Å²) in [6.07, 6.45) is 5.49. The fraction of sp³-hybridized carbons (Fsp3) is 0.278. The predicted octanol–water partition coefficient (Wildman–Crippen LogP) is 2.59. The van der Waals surface area contributed by atoms with Gasteiger partial charge in [0.2, 0.25) is 5.89 Å². The van der Waals surface area contributed by atoms with Crippen molar-refractivity contribution in [2.24, 2.45) is 0 Å². The van der Waals surface area contributed by atoms with Crippen molar-refractivity contribution < 1.29 is 9.21 Å². The molecule has 0 fully saturated rings. The number of nitrogens with one attached hydrogen (secondary N) is 1. The van der Waals surface area contributed by atoms with E-state index in [1.807, 2.05) is 36.5 Å². The minimum absolute atomic E-state index is 0.0791. The quantitative estimate of drug-likeness (QED) is 0.804. The summed E-state index contributed by atoms with van der Waals surface area (Å²) in [6.45, 7) is 2.51. The van der Waals surface area contributed by atoms with Gasteiger partial charge in [0, 0.05) is 37.0 Å². The number of carbonyl (C=O) groups excluding carboxylic acids is 1. The molecule has 3 heterocycles. The Kier molecular flexibility index (Phi) is 3.65. The van der Waals surface area contributed by atoms with Crippen LogP contribution in [-0.4, -0.2) is 26.5 Å². The SMILES string of the molecule is Cc1oc(-c2ccccc2)nc1C(=O)NC1CCc2nccn2C1. The Morgan fingerprint density at radius 1 is 1.33 bits per heavy atom. The van der Waals surface area contributed by atoms with Gasteiger partial charge in [-0.25, -0.2) is 9.97 Å². The van der Waals surface area contributed by atoms with Crippen molar-refractivity contribution in [3.8, 4) is 11.5 Å². The van der Waals surface area contributed by atoms with Gasteiger partial charge in [-0.15, -0.1) is 0 Å². The molecule has 4 rings (SSSR count). The maximum absolute atomic E-state index is 12.6. The van der Waals surface area contributed by atoms with Gasteiger partial charge in [0.05, 0.1) is 0 Å². The summed E-state index contributed by atoms with van der Waals surface area (Å²) in [5.74, 6) is 1.89. The van der Waals surface area contributed by atoms with E-state index in [4.69, 9.17) is 4.42 Å². The lowest BCUT2D eigenvalue weighted by atomic mass is 10.1. The lowest BCUT2D eigenvalue weighted by molar-refractivity contribution is 0.0921. The molecule has 0 saturated carbocycles. The number of imidazole rings is 1. The molecule has 1 amide bonds. The zero-order valence-electron chi connectivity index (χ0n) is 13.4. The van der Waals surface area contributed by atoms with E-state index < -0.39 is 0 Å². The van der Waals surface area contributed by atoms with Gasteiger partial charge in [-0.2, -0.15) is 0 Å². The second-order valence-corrected chi connectivity index (χ2v) is 5.99. The molecule has 0 radical (unpaired) electrons. The first-order valence-corrected chi connectivity index (χ1v) is 8.04. The van der Waals surface area contributed by atoms with Crippen molar-refractivity contribution in [2.45, 2.75) is 32.4 Å². The van der Waals surface area contributed by atoms with Crippen LogP contribution < -0.4 is 5.32 Å². The van der Waals surface area contributed by atoms with Gasteiger partial charge in [0.25, 0.3) is 5.91 Å². The first kappa shape index (κ1) is 14.7. The number of hydrogen-bond donors (Lipinski definition) is 1. The monoisotopic (exact) mass is 322 g/mol. The molecule has 0 aliphatic carbocycles. The van der Waals surface area contributed by atoms with Crippen molar-refractivity contribution in [2.75, 3.05) is 0 Å². The molecule has 6 nitrogen and oxygen atoms in total. The van der Waals surface area contributed by atoms with Crippen LogP contribution in [0.4, 0.5) is 0 Å². The van der Waals surface area contributed by atoms with E-state index in [0.29, 0.717) is 17.3 Å².